The van der Waals surface area contributed by atoms with E-state index >= 15 is 0 Å². The molecule has 1 saturated heterocycles. The van der Waals surface area contributed by atoms with Gasteiger partial charge in [-0.1, -0.05) is 12.1 Å². The molecule has 33 heavy (non-hydrogen) atoms. The predicted octanol–water partition coefficient (Wildman–Crippen LogP) is 4.50. The largest absolute Gasteiger partial charge is 0.494 e. The van der Waals surface area contributed by atoms with E-state index < -0.39 is 0 Å². The molecule has 1 aromatic carbocycles. The van der Waals surface area contributed by atoms with Crippen molar-refractivity contribution >= 4 is 11.8 Å². The smallest absolute Gasteiger partial charge is 0.228 e. The van der Waals surface area contributed by atoms with Crippen LogP contribution >= 0.6 is 0 Å². The molecule has 1 atom stereocenters. The van der Waals surface area contributed by atoms with Gasteiger partial charge in [0.15, 0.2) is 0 Å². The maximum Gasteiger partial charge on any atom is 0.228 e. The van der Waals surface area contributed by atoms with E-state index in [2.05, 4.69) is 38.4 Å². The SMILES string of the molecule is CCOc1ccc(CN2CCC[C@@H](c3cccc(Nc4nc(C)cc(C)n4)n3)C2)cc1CO. The summed E-state index contributed by atoms with van der Waals surface area (Å²) in [5, 5.41) is 13.0. The average molecular weight is 448 g/mol. The number of pyridine rings is 1. The number of aryl methyl sites for hydroxylation is 2. The number of nitrogens with zero attached hydrogens (tertiary/aromatic N) is 4. The Bertz CT molecular complexity index is 1070. The van der Waals surface area contributed by atoms with Crippen molar-refractivity contribution in [2.24, 2.45) is 0 Å². The molecule has 7 heteroatoms. The van der Waals surface area contributed by atoms with Crippen LogP contribution in [0, 0.1) is 13.8 Å². The molecular weight excluding hydrogens is 414 g/mol. The summed E-state index contributed by atoms with van der Waals surface area (Å²) in [6, 6.07) is 14.2. The van der Waals surface area contributed by atoms with Crippen LogP contribution in [0.5, 0.6) is 5.75 Å². The number of nitrogens with one attached hydrogen (secondary N) is 1. The third-order valence-corrected chi connectivity index (χ3v) is 5.92. The van der Waals surface area contributed by atoms with E-state index in [0.717, 1.165) is 66.7 Å². The van der Waals surface area contributed by atoms with Gasteiger partial charge >= 0.3 is 0 Å². The lowest BCUT2D eigenvalue weighted by molar-refractivity contribution is 0.198. The van der Waals surface area contributed by atoms with Crippen molar-refractivity contribution in [3.63, 3.8) is 0 Å². The maximum atomic E-state index is 9.71. The van der Waals surface area contributed by atoms with Gasteiger partial charge in [-0.2, -0.15) is 0 Å². The molecule has 2 aromatic heterocycles. The Morgan fingerprint density at radius 1 is 1.09 bits per heavy atom. The zero-order valence-corrected chi connectivity index (χ0v) is 19.7. The number of likely N-dealkylation sites (tertiary alicyclic amines) is 1. The number of hydrogen-bond donors (Lipinski definition) is 2. The molecule has 174 valence electrons. The Hall–Kier alpha value is -3.03. The van der Waals surface area contributed by atoms with E-state index in [0.29, 0.717) is 18.5 Å². The fourth-order valence-corrected chi connectivity index (χ4v) is 4.49. The van der Waals surface area contributed by atoms with E-state index in [1.54, 1.807) is 0 Å². The molecule has 0 amide bonds. The van der Waals surface area contributed by atoms with Crippen LogP contribution in [-0.2, 0) is 13.2 Å². The summed E-state index contributed by atoms with van der Waals surface area (Å²) in [6.07, 6.45) is 2.26. The summed E-state index contributed by atoms with van der Waals surface area (Å²) in [7, 11) is 0. The standard InChI is InChI=1S/C26H33N5O2/c1-4-33-24-11-10-20(14-22(24)17-32)15-31-12-6-7-21(16-31)23-8-5-9-25(29-23)30-26-27-18(2)13-19(3)28-26/h5,8-11,13-14,21,32H,4,6-7,12,15-17H2,1-3H3,(H,27,28,29,30)/t21-/m1/s1. The van der Waals surface area contributed by atoms with Crippen LogP contribution < -0.4 is 10.1 Å². The Morgan fingerprint density at radius 3 is 2.67 bits per heavy atom. The van der Waals surface area contributed by atoms with E-state index in [9.17, 15) is 5.11 Å². The first-order chi connectivity index (χ1) is 16.0. The number of rotatable bonds is 8. The summed E-state index contributed by atoms with van der Waals surface area (Å²) >= 11 is 0. The first kappa shape index (κ1) is 23.1. The van der Waals surface area contributed by atoms with Crippen molar-refractivity contribution < 1.29 is 9.84 Å². The van der Waals surface area contributed by atoms with Gasteiger partial charge in [-0.05, 0) is 76.1 Å². The van der Waals surface area contributed by atoms with Crippen LogP contribution in [0.4, 0.5) is 11.8 Å². The summed E-state index contributed by atoms with van der Waals surface area (Å²) in [4.78, 5) is 16.3. The van der Waals surface area contributed by atoms with Crippen LogP contribution in [0.3, 0.4) is 0 Å². The molecule has 1 aliphatic rings. The van der Waals surface area contributed by atoms with Crippen molar-refractivity contribution in [2.75, 3.05) is 25.0 Å². The summed E-state index contributed by atoms with van der Waals surface area (Å²) in [6.45, 7) is 9.34. The topological polar surface area (TPSA) is 83.4 Å². The highest BCUT2D eigenvalue weighted by atomic mass is 16.5. The first-order valence-corrected chi connectivity index (χ1v) is 11.7. The van der Waals surface area contributed by atoms with Crippen LogP contribution in [0.25, 0.3) is 0 Å². The van der Waals surface area contributed by atoms with Crippen LogP contribution in [0.15, 0.2) is 42.5 Å². The van der Waals surface area contributed by atoms with Gasteiger partial charge < -0.3 is 15.2 Å². The number of anilines is 2. The molecular formula is C26H33N5O2. The van der Waals surface area contributed by atoms with Crippen molar-refractivity contribution in [3.8, 4) is 5.75 Å². The van der Waals surface area contributed by atoms with Crippen molar-refractivity contribution in [1.29, 1.82) is 0 Å². The Morgan fingerprint density at radius 2 is 1.91 bits per heavy atom. The zero-order valence-electron chi connectivity index (χ0n) is 19.7. The number of aliphatic hydroxyl groups excluding tert-OH is 1. The summed E-state index contributed by atoms with van der Waals surface area (Å²) in [5.74, 6) is 2.49. The molecule has 0 saturated carbocycles. The van der Waals surface area contributed by atoms with Gasteiger partial charge in [0.2, 0.25) is 5.95 Å². The normalized spacial score (nSPS) is 16.5. The van der Waals surface area contributed by atoms with E-state index in [1.165, 1.54) is 5.56 Å². The fraction of sp³-hybridized carbons (Fsp3) is 0.423. The van der Waals surface area contributed by atoms with Gasteiger partial charge in [-0.15, -0.1) is 0 Å². The molecule has 0 bridgehead atoms. The highest BCUT2D eigenvalue weighted by Gasteiger charge is 2.23. The number of ether oxygens (including phenoxy) is 1. The molecule has 0 aliphatic carbocycles. The molecule has 0 unspecified atom stereocenters. The minimum Gasteiger partial charge on any atom is -0.494 e. The van der Waals surface area contributed by atoms with Crippen LogP contribution in [-0.4, -0.2) is 44.7 Å². The molecule has 1 aliphatic heterocycles. The van der Waals surface area contributed by atoms with Gasteiger partial charge in [0.25, 0.3) is 0 Å². The Balaban J connectivity index is 1.44. The monoisotopic (exact) mass is 447 g/mol. The van der Waals surface area contributed by atoms with E-state index in [4.69, 9.17) is 9.72 Å². The molecule has 0 spiro atoms. The zero-order chi connectivity index (χ0) is 23.2. The van der Waals surface area contributed by atoms with Crippen LogP contribution in [0.2, 0.25) is 0 Å². The second-order valence-corrected chi connectivity index (χ2v) is 8.65. The lowest BCUT2D eigenvalue weighted by Crippen LogP contribution is -2.34. The number of piperidine rings is 1. The Kier molecular flexibility index (Phi) is 7.52. The summed E-state index contributed by atoms with van der Waals surface area (Å²) < 4.78 is 5.62. The van der Waals surface area contributed by atoms with Gasteiger partial charge in [0.05, 0.1) is 13.2 Å². The molecule has 4 rings (SSSR count). The molecule has 3 heterocycles. The maximum absolute atomic E-state index is 9.71. The van der Waals surface area contributed by atoms with Gasteiger partial charge in [-0.3, -0.25) is 4.90 Å². The lowest BCUT2D eigenvalue weighted by atomic mass is 9.94. The van der Waals surface area contributed by atoms with E-state index in [1.807, 2.05) is 45.0 Å². The highest BCUT2D eigenvalue weighted by Crippen LogP contribution is 2.29. The van der Waals surface area contributed by atoms with Crippen molar-refractivity contribution in [2.45, 2.75) is 52.7 Å². The van der Waals surface area contributed by atoms with Crippen molar-refractivity contribution in [1.82, 2.24) is 19.9 Å². The van der Waals surface area contributed by atoms with E-state index in [-0.39, 0.29) is 6.61 Å². The number of aromatic nitrogens is 3. The highest BCUT2D eigenvalue weighted by molar-refractivity contribution is 5.48. The van der Waals surface area contributed by atoms with Crippen LogP contribution in [0.1, 0.15) is 53.9 Å². The summed E-state index contributed by atoms with van der Waals surface area (Å²) in [5.41, 5.74) is 5.00. The quantitative estimate of drug-likeness (QED) is 0.526. The van der Waals surface area contributed by atoms with Gasteiger partial charge in [0.1, 0.15) is 11.6 Å². The number of benzene rings is 1. The average Bonchev–Trinajstić information content (AvgIpc) is 2.80. The van der Waals surface area contributed by atoms with Crippen molar-refractivity contribution in [3.05, 3.63) is 70.7 Å². The van der Waals surface area contributed by atoms with Gasteiger partial charge in [-0.25, -0.2) is 15.0 Å². The minimum absolute atomic E-state index is 0.0142. The predicted molar refractivity (Wildman–Crippen MR) is 130 cm³/mol. The second-order valence-electron chi connectivity index (χ2n) is 8.65. The fourth-order valence-electron chi connectivity index (χ4n) is 4.49. The molecule has 0 radical (unpaired) electrons. The number of hydrogen-bond acceptors (Lipinski definition) is 7. The number of aliphatic hydroxyl groups is 1. The molecule has 3 aromatic rings. The third kappa shape index (κ3) is 6.06. The molecule has 1 fully saturated rings. The first-order valence-electron chi connectivity index (χ1n) is 11.7. The molecule has 7 nitrogen and oxygen atoms in total. The molecule has 2 N–H and O–H groups in total. The third-order valence-electron chi connectivity index (χ3n) is 5.92. The minimum atomic E-state index is -0.0142. The van der Waals surface area contributed by atoms with Gasteiger partial charge in [0, 0.05) is 41.7 Å². The lowest BCUT2D eigenvalue weighted by Gasteiger charge is -2.32. The Labute approximate surface area is 195 Å². The second kappa shape index (κ2) is 10.7.